The summed E-state index contributed by atoms with van der Waals surface area (Å²) in [4.78, 5) is 8.30. The average Bonchev–Trinajstić information content (AvgIpc) is 2.58. The maximum Gasteiger partial charge on any atom is 0.243 e. The van der Waals surface area contributed by atoms with E-state index >= 15 is 0 Å². The van der Waals surface area contributed by atoms with E-state index in [1.807, 2.05) is 0 Å². The van der Waals surface area contributed by atoms with Gasteiger partial charge in [-0.2, -0.15) is 4.31 Å². The van der Waals surface area contributed by atoms with Crippen LogP contribution in [-0.2, 0) is 10.0 Å². The molecule has 1 saturated heterocycles. The molecule has 0 unspecified atom stereocenters. The highest BCUT2D eigenvalue weighted by Gasteiger charge is 2.31. The van der Waals surface area contributed by atoms with Crippen LogP contribution in [0.4, 0.5) is 0 Å². The van der Waals surface area contributed by atoms with Crippen LogP contribution in [0.2, 0.25) is 5.02 Å². The van der Waals surface area contributed by atoms with Crippen LogP contribution < -0.4 is 4.74 Å². The Kier molecular flexibility index (Phi) is 5.03. The number of nitrogens with zero attached hydrogens (tertiary/aromatic N) is 3. The molecule has 1 fully saturated rings. The highest BCUT2D eigenvalue weighted by Crippen LogP contribution is 2.28. The first-order chi connectivity index (χ1) is 11.5. The van der Waals surface area contributed by atoms with Crippen molar-refractivity contribution in [2.45, 2.75) is 30.8 Å². The molecule has 1 aromatic carbocycles. The van der Waals surface area contributed by atoms with Gasteiger partial charge in [-0.25, -0.2) is 13.4 Å². The molecular weight excluding hydrogens is 350 g/mol. The van der Waals surface area contributed by atoms with Gasteiger partial charge in [-0.1, -0.05) is 17.7 Å². The Balaban J connectivity index is 1.69. The summed E-state index contributed by atoms with van der Waals surface area (Å²) >= 11 is 6.06. The summed E-state index contributed by atoms with van der Waals surface area (Å²) in [5.74, 6) is 0.462. The number of ether oxygens (including phenoxy) is 1. The Bertz CT molecular complexity index is 807. The molecule has 0 N–H and O–H groups in total. The molecule has 0 radical (unpaired) electrons. The molecule has 0 amide bonds. The molecule has 6 nitrogen and oxygen atoms in total. The van der Waals surface area contributed by atoms with Crippen molar-refractivity contribution in [3.63, 3.8) is 0 Å². The van der Waals surface area contributed by atoms with Crippen LogP contribution in [0, 0.1) is 6.92 Å². The lowest BCUT2D eigenvalue weighted by Gasteiger charge is -2.31. The predicted molar refractivity (Wildman–Crippen MR) is 90.6 cm³/mol. The van der Waals surface area contributed by atoms with Gasteiger partial charge in [0.25, 0.3) is 0 Å². The summed E-state index contributed by atoms with van der Waals surface area (Å²) in [6.07, 6.45) is 5.85. The Morgan fingerprint density at radius 1 is 1.25 bits per heavy atom. The molecule has 0 aliphatic carbocycles. The van der Waals surface area contributed by atoms with E-state index in [9.17, 15) is 8.42 Å². The lowest BCUT2D eigenvalue weighted by molar-refractivity contribution is 0.129. The fourth-order valence-electron chi connectivity index (χ4n) is 2.71. The molecule has 1 aliphatic heterocycles. The number of piperidine rings is 1. The van der Waals surface area contributed by atoms with Crippen molar-refractivity contribution in [2.75, 3.05) is 13.1 Å². The summed E-state index contributed by atoms with van der Waals surface area (Å²) < 4.78 is 32.9. The van der Waals surface area contributed by atoms with E-state index in [2.05, 4.69) is 9.97 Å². The van der Waals surface area contributed by atoms with Gasteiger partial charge in [-0.3, -0.25) is 4.98 Å². The molecule has 8 heteroatoms. The second kappa shape index (κ2) is 7.04. The Labute approximate surface area is 146 Å². The highest BCUT2D eigenvalue weighted by atomic mass is 35.5. The van der Waals surface area contributed by atoms with E-state index in [1.54, 1.807) is 43.7 Å². The Morgan fingerprint density at radius 2 is 2.00 bits per heavy atom. The van der Waals surface area contributed by atoms with E-state index in [1.165, 1.54) is 4.31 Å². The van der Waals surface area contributed by atoms with Crippen molar-refractivity contribution in [3.8, 4) is 5.88 Å². The third-order valence-corrected chi connectivity index (χ3v) is 6.52. The van der Waals surface area contributed by atoms with Crippen molar-refractivity contribution >= 4 is 21.6 Å². The summed E-state index contributed by atoms with van der Waals surface area (Å²) in [5, 5.41) is 0.456. The van der Waals surface area contributed by atoms with Crippen LogP contribution in [0.3, 0.4) is 0 Å². The van der Waals surface area contributed by atoms with Gasteiger partial charge in [0.1, 0.15) is 6.10 Å². The van der Waals surface area contributed by atoms with Crippen molar-refractivity contribution in [1.29, 1.82) is 0 Å². The van der Waals surface area contributed by atoms with Crippen LogP contribution in [0.5, 0.6) is 5.88 Å². The molecule has 24 heavy (non-hydrogen) atoms. The normalized spacial score (nSPS) is 16.9. The van der Waals surface area contributed by atoms with Gasteiger partial charge in [0.2, 0.25) is 15.9 Å². The van der Waals surface area contributed by atoms with Gasteiger partial charge in [0.15, 0.2) is 0 Å². The monoisotopic (exact) mass is 367 g/mol. The van der Waals surface area contributed by atoms with Crippen molar-refractivity contribution in [1.82, 2.24) is 14.3 Å². The Hall–Kier alpha value is -1.70. The van der Waals surface area contributed by atoms with Gasteiger partial charge < -0.3 is 4.74 Å². The van der Waals surface area contributed by atoms with E-state index in [-0.39, 0.29) is 11.0 Å². The van der Waals surface area contributed by atoms with Crippen LogP contribution >= 0.6 is 11.6 Å². The number of benzene rings is 1. The lowest BCUT2D eigenvalue weighted by Crippen LogP contribution is -2.42. The highest BCUT2D eigenvalue weighted by molar-refractivity contribution is 7.89. The predicted octanol–water partition coefficient (Wildman–Crippen LogP) is 2.67. The molecule has 0 bridgehead atoms. The first-order valence-electron chi connectivity index (χ1n) is 7.66. The van der Waals surface area contributed by atoms with Gasteiger partial charge >= 0.3 is 0 Å². The molecule has 3 rings (SSSR count). The number of sulfonamides is 1. The smallest absolute Gasteiger partial charge is 0.243 e. The zero-order valence-electron chi connectivity index (χ0n) is 13.2. The minimum Gasteiger partial charge on any atom is -0.473 e. The second-order valence-electron chi connectivity index (χ2n) is 5.63. The fraction of sp³-hybridized carbons (Fsp3) is 0.375. The quantitative estimate of drug-likeness (QED) is 0.830. The molecule has 0 spiro atoms. The average molecular weight is 368 g/mol. The zero-order valence-corrected chi connectivity index (χ0v) is 14.8. The standard InChI is InChI=1S/C16H18ClN3O3S/c1-12-14(17)3-2-4-15(12)24(21,22)20-9-5-13(6-10-20)23-16-11-18-7-8-19-16/h2-4,7-8,11,13H,5-6,9-10H2,1H3. The molecule has 2 aromatic rings. The van der Waals surface area contributed by atoms with E-state index in [0.29, 0.717) is 42.4 Å². The second-order valence-corrected chi connectivity index (χ2v) is 7.94. The van der Waals surface area contributed by atoms with Gasteiger partial charge in [0.05, 0.1) is 11.1 Å². The third kappa shape index (κ3) is 3.53. The fourth-order valence-corrected chi connectivity index (χ4v) is 4.66. The van der Waals surface area contributed by atoms with Crippen molar-refractivity contribution < 1.29 is 13.2 Å². The number of aromatic nitrogens is 2. The van der Waals surface area contributed by atoms with Crippen molar-refractivity contribution in [2.24, 2.45) is 0 Å². The maximum absolute atomic E-state index is 12.8. The van der Waals surface area contributed by atoms with Gasteiger partial charge in [-0.15, -0.1) is 0 Å². The summed E-state index contributed by atoms with van der Waals surface area (Å²) in [7, 11) is -3.55. The van der Waals surface area contributed by atoms with Crippen LogP contribution in [0.25, 0.3) is 0 Å². The molecule has 1 aliphatic rings. The number of hydrogen-bond acceptors (Lipinski definition) is 5. The Morgan fingerprint density at radius 3 is 2.67 bits per heavy atom. The molecule has 1 aromatic heterocycles. The van der Waals surface area contributed by atoms with Crippen LogP contribution in [-0.4, -0.2) is 41.9 Å². The first-order valence-corrected chi connectivity index (χ1v) is 9.48. The molecular formula is C16H18ClN3O3S. The summed E-state index contributed by atoms with van der Waals surface area (Å²) in [6, 6.07) is 4.95. The summed E-state index contributed by atoms with van der Waals surface area (Å²) in [5.41, 5.74) is 0.581. The van der Waals surface area contributed by atoms with E-state index in [0.717, 1.165) is 0 Å². The topological polar surface area (TPSA) is 72.4 Å². The maximum atomic E-state index is 12.8. The minimum absolute atomic E-state index is 0.0615. The number of hydrogen-bond donors (Lipinski definition) is 0. The molecule has 0 atom stereocenters. The van der Waals surface area contributed by atoms with E-state index in [4.69, 9.17) is 16.3 Å². The molecule has 128 valence electrons. The van der Waals surface area contributed by atoms with Crippen LogP contribution in [0.1, 0.15) is 18.4 Å². The molecule has 2 heterocycles. The lowest BCUT2D eigenvalue weighted by atomic mass is 10.1. The van der Waals surface area contributed by atoms with Gasteiger partial charge in [0, 0.05) is 30.5 Å². The number of halogens is 1. The minimum atomic E-state index is -3.55. The number of rotatable bonds is 4. The largest absolute Gasteiger partial charge is 0.473 e. The van der Waals surface area contributed by atoms with Crippen LogP contribution in [0.15, 0.2) is 41.7 Å². The van der Waals surface area contributed by atoms with Gasteiger partial charge in [-0.05, 0) is 37.5 Å². The summed E-state index contributed by atoms with van der Waals surface area (Å²) in [6.45, 7) is 2.53. The SMILES string of the molecule is Cc1c(Cl)cccc1S(=O)(=O)N1CCC(Oc2cnccn2)CC1. The third-order valence-electron chi connectivity index (χ3n) is 4.06. The molecule has 0 saturated carbocycles. The first kappa shape index (κ1) is 17.1. The van der Waals surface area contributed by atoms with E-state index < -0.39 is 10.0 Å². The zero-order chi connectivity index (χ0) is 17.2. The van der Waals surface area contributed by atoms with Crippen molar-refractivity contribution in [3.05, 3.63) is 47.4 Å².